The topological polar surface area (TPSA) is 125 Å². The number of nitrogens with zero attached hydrogens (tertiary/aromatic N) is 1. The lowest BCUT2D eigenvalue weighted by Gasteiger charge is -2.08. The van der Waals surface area contributed by atoms with Crippen LogP contribution in [0.15, 0.2) is 36.4 Å². The van der Waals surface area contributed by atoms with Crippen LogP contribution in [0.2, 0.25) is 0 Å². The minimum Gasteiger partial charge on any atom is -0.490 e. The number of halogens is 1. The third-order valence-corrected chi connectivity index (χ3v) is 4.46. The first kappa shape index (κ1) is 20.2. The lowest BCUT2D eigenvalue weighted by atomic mass is 10.2. The van der Waals surface area contributed by atoms with Crippen LogP contribution in [-0.4, -0.2) is 29.6 Å². The lowest BCUT2D eigenvalue weighted by molar-refractivity contribution is -0.385. The van der Waals surface area contributed by atoms with Gasteiger partial charge in [-0.1, -0.05) is 6.07 Å². The molecule has 0 aromatic heterocycles. The summed E-state index contributed by atoms with van der Waals surface area (Å²) in [5.41, 5.74) is 5.51. The number of benzene rings is 2. The van der Waals surface area contributed by atoms with Crippen molar-refractivity contribution < 1.29 is 23.6 Å². The second-order valence-electron chi connectivity index (χ2n) is 5.36. The van der Waals surface area contributed by atoms with Crippen molar-refractivity contribution in [1.29, 1.82) is 0 Å². The number of carbonyl (C=O) groups is 2. The molecule has 0 unspecified atom stereocenters. The van der Waals surface area contributed by atoms with Gasteiger partial charge in [-0.2, -0.15) is 0 Å². The van der Waals surface area contributed by atoms with Crippen molar-refractivity contribution in [2.45, 2.75) is 5.75 Å². The maximum absolute atomic E-state index is 13.4. The molecule has 0 heterocycles. The van der Waals surface area contributed by atoms with E-state index in [2.05, 4.69) is 5.32 Å². The quantitative estimate of drug-likeness (QED) is 0.525. The van der Waals surface area contributed by atoms with Crippen molar-refractivity contribution in [3.8, 4) is 5.75 Å². The summed E-state index contributed by atoms with van der Waals surface area (Å²) in [5, 5.41) is 13.5. The number of carbonyl (C=O) groups excluding carboxylic acids is 2. The highest BCUT2D eigenvalue weighted by atomic mass is 32.2. The highest BCUT2D eigenvalue weighted by Gasteiger charge is 2.15. The fourth-order valence-corrected chi connectivity index (χ4v) is 2.99. The van der Waals surface area contributed by atoms with Gasteiger partial charge in [-0.25, -0.2) is 4.39 Å². The van der Waals surface area contributed by atoms with E-state index in [0.29, 0.717) is 11.3 Å². The van der Waals surface area contributed by atoms with E-state index in [1.807, 2.05) is 0 Å². The minimum absolute atomic E-state index is 0.0586. The Balaban J connectivity index is 1.93. The number of nitrogens with one attached hydrogen (secondary N) is 1. The Hall–Kier alpha value is -3.14. The third kappa shape index (κ3) is 5.42. The summed E-state index contributed by atoms with van der Waals surface area (Å²) >= 11 is 1.24. The number of hydrogen-bond acceptors (Lipinski definition) is 6. The number of anilines is 1. The van der Waals surface area contributed by atoms with Crippen molar-refractivity contribution >= 4 is 35.0 Å². The number of ether oxygens (including phenoxy) is 1. The lowest BCUT2D eigenvalue weighted by Crippen LogP contribution is -2.17. The van der Waals surface area contributed by atoms with Crippen molar-refractivity contribution in [2.24, 2.45) is 5.73 Å². The second kappa shape index (κ2) is 8.99. The van der Waals surface area contributed by atoms with Gasteiger partial charge in [0, 0.05) is 17.5 Å². The second-order valence-corrected chi connectivity index (χ2v) is 6.35. The summed E-state index contributed by atoms with van der Waals surface area (Å²) in [4.78, 5) is 33.6. The zero-order valence-electron chi connectivity index (χ0n) is 14.2. The molecule has 2 rings (SSSR count). The van der Waals surface area contributed by atoms with E-state index in [0.717, 1.165) is 12.1 Å². The molecule has 0 bridgehead atoms. The molecule has 0 spiro atoms. The van der Waals surface area contributed by atoms with Gasteiger partial charge in [0.25, 0.3) is 5.91 Å². The third-order valence-electron chi connectivity index (χ3n) is 3.46. The van der Waals surface area contributed by atoms with Crippen LogP contribution in [0.1, 0.15) is 15.9 Å². The molecule has 0 aliphatic carbocycles. The molecule has 3 N–H and O–H groups in total. The maximum Gasteiger partial charge on any atom is 0.311 e. The van der Waals surface area contributed by atoms with Gasteiger partial charge >= 0.3 is 5.69 Å². The molecule has 0 saturated heterocycles. The number of nitro groups is 1. The van der Waals surface area contributed by atoms with Gasteiger partial charge in [0.1, 0.15) is 5.82 Å². The van der Waals surface area contributed by atoms with Crippen molar-refractivity contribution in [3.63, 3.8) is 0 Å². The molecule has 0 radical (unpaired) electrons. The first-order valence-corrected chi connectivity index (χ1v) is 8.75. The van der Waals surface area contributed by atoms with Crippen LogP contribution in [0.25, 0.3) is 0 Å². The molecule has 2 amide bonds. The summed E-state index contributed by atoms with van der Waals surface area (Å²) in [5.74, 6) is -1.48. The van der Waals surface area contributed by atoms with Crippen molar-refractivity contribution in [2.75, 3.05) is 18.2 Å². The molecule has 0 saturated carbocycles. The molecule has 142 valence electrons. The number of nitro benzene ring substituents is 1. The molecule has 2 aromatic rings. The number of methoxy groups -OCH3 is 1. The zero-order chi connectivity index (χ0) is 20.0. The highest BCUT2D eigenvalue weighted by Crippen LogP contribution is 2.29. The molecule has 0 aliphatic rings. The van der Waals surface area contributed by atoms with Gasteiger partial charge in [-0.15, -0.1) is 11.8 Å². The summed E-state index contributed by atoms with van der Waals surface area (Å²) in [6, 6.07) is 8.08. The Labute approximate surface area is 158 Å². The molecular formula is C17H16FN3O5S. The van der Waals surface area contributed by atoms with Crippen molar-refractivity contribution in [1.82, 2.24) is 0 Å². The molecule has 2 aromatic carbocycles. The Morgan fingerprint density at radius 2 is 2.04 bits per heavy atom. The van der Waals surface area contributed by atoms with E-state index in [1.54, 1.807) is 6.07 Å². The highest BCUT2D eigenvalue weighted by molar-refractivity contribution is 7.99. The average Bonchev–Trinajstić information content (AvgIpc) is 2.62. The molecule has 0 fully saturated rings. The predicted octanol–water partition coefficient (Wildman–Crippen LogP) is 2.71. The van der Waals surface area contributed by atoms with Crippen LogP contribution in [0, 0.1) is 15.9 Å². The maximum atomic E-state index is 13.4. The number of nitrogens with two attached hydrogens (primary N) is 1. The van der Waals surface area contributed by atoms with Gasteiger partial charge in [-0.3, -0.25) is 19.7 Å². The van der Waals surface area contributed by atoms with E-state index in [1.165, 1.54) is 37.1 Å². The van der Waals surface area contributed by atoms with Crippen LogP contribution in [-0.2, 0) is 10.5 Å². The van der Waals surface area contributed by atoms with Gasteiger partial charge in [-0.05, 0) is 29.8 Å². The normalized spacial score (nSPS) is 10.3. The molecule has 8 nitrogen and oxygen atoms in total. The van der Waals surface area contributed by atoms with Crippen molar-refractivity contribution in [3.05, 3.63) is 63.5 Å². The van der Waals surface area contributed by atoms with E-state index in [9.17, 15) is 24.1 Å². The monoisotopic (exact) mass is 393 g/mol. The fraction of sp³-hybridized carbons (Fsp3) is 0.176. The largest absolute Gasteiger partial charge is 0.490 e. The molecular weight excluding hydrogens is 377 g/mol. The van der Waals surface area contributed by atoms with Crippen LogP contribution in [0.5, 0.6) is 5.75 Å². The van der Waals surface area contributed by atoms with Crippen LogP contribution in [0.3, 0.4) is 0 Å². The van der Waals surface area contributed by atoms with Crippen LogP contribution in [0.4, 0.5) is 15.8 Å². The molecule has 27 heavy (non-hydrogen) atoms. The van der Waals surface area contributed by atoms with Gasteiger partial charge in [0.2, 0.25) is 5.91 Å². The number of primary amides is 1. The fourth-order valence-electron chi connectivity index (χ4n) is 2.22. The zero-order valence-corrected chi connectivity index (χ0v) is 15.0. The summed E-state index contributed by atoms with van der Waals surface area (Å²) in [6.07, 6.45) is 0. The van der Waals surface area contributed by atoms with E-state index < -0.39 is 16.6 Å². The number of hydrogen-bond donors (Lipinski definition) is 2. The average molecular weight is 393 g/mol. The van der Waals surface area contributed by atoms with Gasteiger partial charge < -0.3 is 15.8 Å². The van der Waals surface area contributed by atoms with E-state index in [4.69, 9.17) is 10.5 Å². The molecule has 10 heteroatoms. The van der Waals surface area contributed by atoms with Crippen LogP contribution < -0.4 is 15.8 Å². The van der Waals surface area contributed by atoms with Crippen LogP contribution >= 0.6 is 11.8 Å². The summed E-state index contributed by atoms with van der Waals surface area (Å²) in [6.45, 7) is 0. The van der Waals surface area contributed by atoms with Gasteiger partial charge in [0.05, 0.1) is 23.3 Å². The minimum atomic E-state index is -0.931. The Bertz CT molecular complexity index is 891. The Kier molecular flexibility index (Phi) is 6.72. The summed E-state index contributed by atoms with van der Waals surface area (Å²) in [7, 11) is 1.35. The van der Waals surface area contributed by atoms with E-state index >= 15 is 0 Å². The standard InChI is InChI=1S/C17H16FN3O5S/c1-26-15-5-2-10(6-14(15)21(24)25)8-27-9-16(22)20-11-3-4-13(18)12(7-11)17(19)23/h2-7H,8-9H2,1H3,(H2,19,23)(H,20,22). The van der Waals surface area contributed by atoms with E-state index in [-0.39, 0.29) is 34.3 Å². The molecule has 0 aliphatic heterocycles. The SMILES string of the molecule is COc1ccc(CSCC(=O)Nc2ccc(F)c(C(N)=O)c2)cc1[N+](=O)[O-]. The Morgan fingerprint density at radius 3 is 2.67 bits per heavy atom. The number of thioether (sulfide) groups is 1. The molecule has 0 atom stereocenters. The summed E-state index contributed by atoms with van der Waals surface area (Å²) < 4.78 is 18.4. The smallest absolute Gasteiger partial charge is 0.311 e. The number of amides is 2. The first-order chi connectivity index (χ1) is 12.8. The van der Waals surface area contributed by atoms with Gasteiger partial charge in [0.15, 0.2) is 5.75 Å². The first-order valence-electron chi connectivity index (χ1n) is 7.60. The predicted molar refractivity (Wildman–Crippen MR) is 99.4 cm³/mol. The number of rotatable bonds is 8. The Morgan fingerprint density at radius 1 is 1.30 bits per heavy atom.